The highest BCUT2D eigenvalue weighted by Crippen LogP contribution is 2.35. The molecule has 2 atom stereocenters. The summed E-state index contributed by atoms with van der Waals surface area (Å²) < 4.78 is 0. The molecule has 3 N–H and O–H groups in total. The number of benzene rings is 1. The molecular formula is C14H20Cl2N2. The Kier molecular flexibility index (Phi) is 4.63. The Bertz CT molecular complexity index is 397. The fraction of sp³-hybridized carbons (Fsp3) is 0.571. The number of anilines is 2. The molecule has 0 aliphatic heterocycles. The largest absolute Gasteiger partial charge is 0.399 e. The number of nitrogen functional groups attached to an aromatic ring is 1. The van der Waals surface area contributed by atoms with Crippen molar-refractivity contribution in [1.82, 2.24) is 0 Å². The number of hydrogen-bond acceptors (Lipinski definition) is 2. The van der Waals surface area contributed by atoms with Crippen LogP contribution in [0.2, 0.25) is 10.0 Å². The first-order valence-electron chi connectivity index (χ1n) is 6.59. The van der Waals surface area contributed by atoms with Crippen molar-refractivity contribution >= 4 is 34.6 Å². The van der Waals surface area contributed by atoms with E-state index in [1.165, 1.54) is 32.1 Å². The van der Waals surface area contributed by atoms with Crippen LogP contribution in [0.3, 0.4) is 0 Å². The van der Waals surface area contributed by atoms with Gasteiger partial charge in [0.25, 0.3) is 0 Å². The zero-order chi connectivity index (χ0) is 13.1. The van der Waals surface area contributed by atoms with Gasteiger partial charge in [-0.1, -0.05) is 49.4 Å². The van der Waals surface area contributed by atoms with E-state index in [-0.39, 0.29) is 0 Å². The van der Waals surface area contributed by atoms with Crippen LogP contribution in [0.25, 0.3) is 0 Å². The number of rotatable bonds is 2. The van der Waals surface area contributed by atoms with Gasteiger partial charge in [-0.05, 0) is 30.9 Å². The molecule has 0 spiro atoms. The second kappa shape index (κ2) is 6.03. The van der Waals surface area contributed by atoms with Gasteiger partial charge in [-0.3, -0.25) is 0 Å². The molecule has 0 saturated heterocycles. The molecule has 2 nitrogen and oxygen atoms in total. The summed E-state index contributed by atoms with van der Waals surface area (Å²) in [5.41, 5.74) is 7.14. The third-order valence-corrected chi connectivity index (χ3v) is 4.35. The molecule has 0 radical (unpaired) electrons. The van der Waals surface area contributed by atoms with Gasteiger partial charge in [0.15, 0.2) is 0 Å². The molecule has 0 heterocycles. The molecule has 18 heavy (non-hydrogen) atoms. The molecule has 1 saturated carbocycles. The van der Waals surface area contributed by atoms with Crippen LogP contribution >= 0.6 is 23.2 Å². The average molecular weight is 287 g/mol. The summed E-state index contributed by atoms with van der Waals surface area (Å²) in [5, 5.41) is 4.73. The molecule has 0 bridgehead atoms. The van der Waals surface area contributed by atoms with Crippen molar-refractivity contribution in [3.05, 3.63) is 22.2 Å². The summed E-state index contributed by atoms with van der Waals surface area (Å²) in [4.78, 5) is 0. The van der Waals surface area contributed by atoms with E-state index in [0.717, 1.165) is 5.69 Å². The molecule has 4 heteroatoms. The Morgan fingerprint density at radius 1 is 1.11 bits per heavy atom. The Balaban J connectivity index is 2.17. The maximum atomic E-state index is 6.22. The molecule has 1 aromatic rings. The van der Waals surface area contributed by atoms with Crippen LogP contribution < -0.4 is 11.1 Å². The molecule has 2 rings (SSSR count). The lowest BCUT2D eigenvalue weighted by atomic mass is 9.96. The van der Waals surface area contributed by atoms with Crippen molar-refractivity contribution in [2.24, 2.45) is 5.92 Å². The monoisotopic (exact) mass is 286 g/mol. The first-order valence-corrected chi connectivity index (χ1v) is 7.34. The minimum absolute atomic E-state index is 0.450. The highest BCUT2D eigenvalue weighted by atomic mass is 35.5. The average Bonchev–Trinajstić information content (AvgIpc) is 2.49. The Hall–Kier alpha value is -0.600. The lowest BCUT2D eigenvalue weighted by Gasteiger charge is -2.25. The molecule has 1 aromatic carbocycles. The van der Waals surface area contributed by atoms with Crippen LogP contribution in [0.15, 0.2) is 12.1 Å². The van der Waals surface area contributed by atoms with E-state index in [4.69, 9.17) is 28.9 Å². The number of hydrogen-bond donors (Lipinski definition) is 2. The second-order valence-electron chi connectivity index (χ2n) is 5.23. The fourth-order valence-electron chi connectivity index (χ4n) is 2.62. The summed E-state index contributed by atoms with van der Waals surface area (Å²) in [5.74, 6) is 0.650. The zero-order valence-electron chi connectivity index (χ0n) is 10.7. The van der Waals surface area contributed by atoms with Gasteiger partial charge in [0.1, 0.15) is 0 Å². The molecule has 0 aromatic heterocycles. The SMILES string of the molecule is CC1CCCCCC1Nc1c(Cl)cc(N)cc1Cl. The van der Waals surface area contributed by atoms with Gasteiger partial charge in [0.2, 0.25) is 0 Å². The van der Waals surface area contributed by atoms with Crippen LogP contribution in [-0.4, -0.2) is 6.04 Å². The van der Waals surface area contributed by atoms with Crippen LogP contribution in [0.4, 0.5) is 11.4 Å². The van der Waals surface area contributed by atoms with Crippen molar-refractivity contribution in [3.63, 3.8) is 0 Å². The van der Waals surface area contributed by atoms with Gasteiger partial charge in [-0.15, -0.1) is 0 Å². The van der Waals surface area contributed by atoms with E-state index < -0.39 is 0 Å². The molecule has 1 aliphatic rings. The van der Waals surface area contributed by atoms with Gasteiger partial charge in [0.05, 0.1) is 15.7 Å². The molecular weight excluding hydrogens is 267 g/mol. The Labute approximate surface area is 119 Å². The fourth-order valence-corrected chi connectivity index (χ4v) is 3.24. The number of nitrogens with two attached hydrogens (primary N) is 1. The summed E-state index contributed by atoms with van der Waals surface area (Å²) in [6.07, 6.45) is 6.36. The van der Waals surface area contributed by atoms with Crippen molar-refractivity contribution in [3.8, 4) is 0 Å². The third-order valence-electron chi connectivity index (χ3n) is 3.76. The maximum Gasteiger partial charge on any atom is 0.0722 e. The lowest BCUT2D eigenvalue weighted by Crippen LogP contribution is -2.26. The van der Waals surface area contributed by atoms with Crippen molar-refractivity contribution in [2.75, 3.05) is 11.1 Å². The first kappa shape index (κ1) is 13.8. The van der Waals surface area contributed by atoms with E-state index in [1.807, 2.05) is 0 Å². The summed E-state index contributed by atoms with van der Waals surface area (Å²) in [7, 11) is 0. The molecule has 1 fully saturated rings. The normalized spacial score (nSPS) is 24.6. The Morgan fingerprint density at radius 2 is 1.72 bits per heavy atom. The third kappa shape index (κ3) is 3.24. The van der Waals surface area contributed by atoms with E-state index in [9.17, 15) is 0 Å². The number of nitrogens with one attached hydrogen (secondary N) is 1. The van der Waals surface area contributed by atoms with E-state index in [0.29, 0.717) is 27.7 Å². The predicted octanol–water partition coefficient (Wildman–Crippen LogP) is 4.96. The quantitative estimate of drug-likeness (QED) is 0.596. The van der Waals surface area contributed by atoms with Crippen LogP contribution in [-0.2, 0) is 0 Å². The summed E-state index contributed by atoms with van der Waals surface area (Å²) in [6.45, 7) is 2.29. The van der Waals surface area contributed by atoms with Crippen molar-refractivity contribution < 1.29 is 0 Å². The summed E-state index contributed by atoms with van der Waals surface area (Å²) >= 11 is 12.4. The van der Waals surface area contributed by atoms with E-state index >= 15 is 0 Å². The van der Waals surface area contributed by atoms with Gasteiger partial charge >= 0.3 is 0 Å². The smallest absolute Gasteiger partial charge is 0.0722 e. The Morgan fingerprint density at radius 3 is 2.39 bits per heavy atom. The highest BCUT2D eigenvalue weighted by molar-refractivity contribution is 6.39. The standard InChI is InChI=1S/C14H20Cl2N2/c1-9-5-3-2-4-6-13(9)18-14-11(15)7-10(17)8-12(14)16/h7-9,13,18H,2-6,17H2,1H3. The zero-order valence-corrected chi connectivity index (χ0v) is 12.2. The highest BCUT2D eigenvalue weighted by Gasteiger charge is 2.21. The van der Waals surface area contributed by atoms with E-state index in [1.54, 1.807) is 12.1 Å². The first-order chi connectivity index (χ1) is 8.58. The predicted molar refractivity (Wildman–Crippen MR) is 80.5 cm³/mol. The van der Waals surface area contributed by atoms with Gasteiger partial charge < -0.3 is 11.1 Å². The second-order valence-corrected chi connectivity index (χ2v) is 6.04. The van der Waals surface area contributed by atoms with Gasteiger partial charge in [-0.25, -0.2) is 0 Å². The minimum Gasteiger partial charge on any atom is -0.399 e. The van der Waals surface area contributed by atoms with E-state index in [2.05, 4.69) is 12.2 Å². The topological polar surface area (TPSA) is 38.0 Å². The number of halogens is 2. The van der Waals surface area contributed by atoms with Crippen molar-refractivity contribution in [2.45, 2.75) is 45.1 Å². The maximum absolute atomic E-state index is 6.22. The van der Waals surface area contributed by atoms with Crippen LogP contribution in [0.1, 0.15) is 39.0 Å². The van der Waals surface area contributed by atoms with Crippen molar-refractivity contribution in [1.29, 1.82) is 0 Å². The minimum atomic E-state index is 0.450. The molecule has 2 unspecified atom stereocenters. The lowest BCUT2D eigenvalue weighted by molar-refractivity contribution is 0.457. The molecule has 0 amide bonds. The van der Waals surface area contributed by atoms with Gasteiger partial charge in [0, 0.05) is 11.7 Å². The molecule has 1 aliphatic carbocycles. The van der Waals surface area contributed by atoms with Gasteiger partial charge in [-0.2, -0.15) is 0 Å². The van der Waals surface area contributed by atoms with Crippen LogP contribution in [0.5, 0.6) is 0 Å². The van der Waals surface area contributed by atoms with Crippen LogP contribution in [0, 0.1) is 5.92 Å². The summed E-state index contributed by atoms with van der Waals surface area (Å²) in [6, 6.07) is 3.94. The molecule has 100 valence electrons.